The Morgan fingerprint density at radius 3 is 2.52 bits per heavy atom. The molecule has 1 N–H and O–H groups in total. The number of ether oxygens (including phenoxy) is 2. The molecule has 0 aromatic heterocycles. The topological polar surface area (TPSA) is 128 Å². The first kappa shape index (κ1) is 25.9. The van der Waals surface area contributed by atoms with E-state index < -0.39 is 45.8 Å². The molecule has 10 nitrogen and oxygen atoms in total. The standard InChI is InChI=1S/C34H23N3O7/c38-30(20-7-5-8-22(16-20)37(41)42)28-29(31(39)21-12-13-26-27(17-21)44-18-43-26)36-15-14-19-6-1-2-9-23(19)32(36)34(28)24-10-3-4-11-25(24)35-33(34)40/h1-17,28-29,32H,18H2,(H,35,40)/t28-,29+,32-,34-/m1/s1. The number of hydrogen-bond acceptors (Lipinski definition) is 8. The molecule has 44 heavy (non-hydrogen) atoms. The number of nitro groups is 1. The zero-order valence-corrected chi connectivity index (χ0v) is 23.0. The Morgan fingerprint density at radius 2 is 1.66 bits per heavy atom. The van der Waals surface area contributed by atoms with Gasteiger partial charge in [0.25, 0.3) is 5.69 Å². The van der Waals surface area contributed by atoms with Gasteiger partial charge in [0.2, 0.25) is 12.7 Å². The summed E-state index contributed by atoms with van der Waals surface area (Å²) >= 11 is 0. The molecule has 1 amide bonds. The molecular weight excluding hydrogens is 562 g/mol. The Bertz CT molecular complexity index is 1970. The normalized spacial score (nSPS) is 23.6. The maximum atomic E-state index is 14.9. The molecule has 10 heteroatoms. The van der Waals surface area contributed by atoms with Gasteiger partial charge in [-0.05, 0) is 47.0 Å². The van der Waals surface area contributed by atoms with Crippen LogP contribution in [0, 0.1) is 16.0 Å². The number of hydrogen-bond donors (Lipinski definition) is 1. The molecular formula is C34H23N3O7. The van der Waals surface area contributed by atoms with Crippen molar-refractivity contribution in [2.45, 2.75) is 17.5 Å². The Kier molecular flexibility index (Phi) is 5.51. The van der Waals surface area contributed by atoms with Crippen LogP contribution in [-0.4, -0.2) is 40.1 Å². The number of anilines is 1. The van der Waals surface area contributed by atoms with Crippen molar-refractivity contribution in [2.24, 2.45) is 5.92 Å². The van der Waals surface area contributed by atoms with Crippen LogP contribution in [0.2, 0.25) is 0 Å². The highest BCUT2D eigenvalue weighted by Crippen LogP contribution is 2.62. The van der Waals surface area contributed by atoms with E-state index >= 15 is 0 Å². The number of rotatable bonds is 5. The third-order valence-electron chi connectivity index (χ3n) is 9.12. The number of non-ortho nitro benzene ring substituents is 1. The van der Waals surface area contributed by atoms with E-state index in [1.165, 1.54) is 24.3 Å². The maximum absolute atomic E-state index is 14.9. The van der Waals surface area contributed by atoms with E-state index in [0.29, 0.717) is 22.7 Å². The number of amides is 1. The fourth-order valence-electron chi connectivity index (χ4n) is 7.34. The van der Waals surface area contributed by atoms with E-state index in [4.69, 9.17) is 9.47 Å². The van der Waals surface area contributed by atoms with Gasteiger partial charge in [-0.2, -0.15) is 0 Å². The van der Waals surface area contributed by atoms with E-state index in [1.54, 1.807) is 42.6 Å². The lowest BCUT2D eigenvalue weighted by Crippen LogP contribution is -2.49. The molecule has 8 rings (SSSR count). The van der Waals surface area contributed by atoms with Crippen molar-refractivity contribution in [2.75, 3.05) is 12.1 Å². The molecule has 1 spiro atoms. The van der Waals surface area contributed by atoms with E-state index in [0.717, 1.165) is 11.1 Å². The lowest BCUT2D eigenvalue weighted by Gasteiger charge is -2.38. The summed E-state index contributed by atoms with van der Waals surface area (Å²) < 4.78 is 11.0. The van der Waals surface area contributed by atoms with Gasteiger partial charge in [-0.25, -0.2) is 0 Å². The maximum Gasteiger partial charge on any atom is 0.270 e. The van der Waals surface area contributed by atoms with Gasteiger partial charge in [0.05, 0.1) is 16.9 Å². The molecule has 0 aliphatic carbocycles. The zero-order chi connectivity index (χ0) is 30.2. The number of ketones is 2. The van der Waals surface area contributed by atoms with Crippen LogP contribution in [0.5, 0.6) is 11.5 Å². The molecule has 0 bridgehead atoms. The lowest BCUT2D eigenvalue weighted by atomic mass is 9.62. The van der Waals surface area contributed by atoms with E-state index in [-0.39, 0.29) is 23.6 Å². The number of para-hydroxylation sites is 1. The summed E-state index contributed by atoms with van der Waals surface area (Å²) in [5.41, 5.74) is 1.32. The van der Waals surface area contributed by atoms with E-state index in [1.807, 2.05) is 41.3 Å². The predicted molar refractivity (Wildman–Crippen MR) is 158 cm³/mol. The van der Waals surface area contributed by atoms with Crippen LogP contribution >= 0.6 is 0 Å². The summed E-state index contributed by atoms with van der Waals surface area (Å²) in [6.45, 7) is 0.0259. The highest BCUT2D eigenvalue weighted by molar-refractivity contribution is 6.16. The first-order chi connectivity index (χ1) is 21.4. The minimum absolute atomic E-state index is 0.0259. The van der Waals surface area contributed by atoms with Crippen LogP contribution in [0.3, 0.4) is 0 Å². The van der Waals surface area contributed by atoms with E-state index in [2.05, 4.69) is 5.32 Å². The second-order valence-corrected chi connectivity index (χ2v) is 11.2. The Hall–Kier alpha value is -5.77. The van der Waals surface area contributed by atoms with Crippen LogP contribution in [-0.2, 0) is 10.2 Å². The third kappa shape index (κ3) is 3.45. The number of Topliss-reactive ketones (excluding diaryl/α,β-unsaturated/α-hetero) is 2. The van der Waals surface area contributed by atoms with Crippen molar-refractivity contribution >= 4 is 34.9 Å². The van der Waals surface area contributed by atoms with Gasteiger partial charge in [0.15, 0.2) is 23.1 Å². The second kappa shape index (κ2) is 9.37. The van der Waals surface area contributed by atoms with Crippen LogP contribution in [0.1, 0.15) is 43.4 Å². The smallest absolute Gasteiger partial charge is 0.270 e. The molecule has 0 radical (unpaired) electrons. The van der Waals surface area contributed by atoms with Crippen molar-refractivity contribution < 1.29 is 28.8 Å². The number of nitrogens with one attached hydrogen (secondary N) is 1. The number of carbonyl (C=O) groups excluding carboxylic acids is 3. The first-order valence-electron chi connectivity index (χ1n) is 14.1. The van der Waals surface area contributed by atoms with Crippen molar-refractivity contribution in [1.82, 2.24) is 4.90 Å². The van der Waals surface area contributed by atoms with Crippen LogP contribution < -0.4 is 14.8 Å². The molecule has 4 aliphatic heterocycles. The number of fused-ring (bicyclic) bond motifs is 7. The molecule has 4 aromatic carbocycles. The SMILES string of the molecule is O=C(c1ccc2c(c1)OCO2)[C@@H]1[C@H](C(=O)c2cccc([N+](=O)[O-])c2)[C@@]2(C(=O)Nc3ccccc32)[C@H]2c3ccccc3C=CN12. The van der Waals surface area contributed by atoms with Crippen LogP contribution in [0.25, 0.3) is 6.08 Å². The molecule has 1 fully saturated rings. The number of nitro benzene ring substituents is 1. The number of nitrogens with zero attached hydrogens (tertiary/aromatic N) is 2. The molecule has 0 saturated carbocycles. The molecule has 1 saturated heterocycles. The van der Waals surface area contributed by atoms with Gasteiger partial charge < -0.3 is 19.7 Å². The van der Waals surface area contributed by atoms with Crippen molar-refractivity contribution in [3.8, 4) is 11.5 Å². The summed E-state index contributed by atoms with van der Waals surface area (Å²) in [6.07, 6.45) is 3.65. The minimum Gasteiger partial charge on any atom is -0.454 e. The molecule has 4 aromatic rings. The fourth-order valence-corrected chi connectivity index (χ4v) is 7.34. The average Bonchev–Trinajstić information content (AvgIpc) is 3.73. The average molecular weight is 586 g/mol. The molecule has 4 aliphatic rings. The second-order valence-electron chi connectivity index (χ2n) is 11.2. The van der Waals surface area contributed by atoms with Gasteiger partial charge in [-0.1, -0.05) is 54.6 Å². The summed E-state index contributed by atoms with van der Waals surface area (Å²) in [5.74, 6) is -1.70. The van der Waals surface area contributed by atoms with Gasteiger partial charge >= 0.3 is 0 Å². The Morgan fingerprint density at radius 1 is 0.886 bits per heavy atom. The molecule has 4 atom stereocenters. The molecule has 4 heterocycles. The van der Waals surface area contributed by atoms with Gasteiger partial charge in [0.1, 0.15) is 11.5 Å². The quantitative estimate of drug-likeness (QED) is 0.190. The summed E-state index contributed by atoms with van der Waals surface area (Å²) in [7, 11) is 0. The van der Waals surface area contributed by atoms with E-state index in [9.17, 15) is 24.5 Å². The summed E-state index contributed by atoms with van der Waals surface area (Å²) in [4.78, 5) is 57.1. The molecule has 216 valence electrons. The van der Waals surface area contributed by atoms with Crippen molar-refractivity contribution in [1.29, 1.82) is 0 Å². The highest BCUT2D eigenvalue weighted by atomic mass is 16.7. The minimum atomic E-state index is -1.55. The Labute approximate surface area is 250 Å². The predicted octanol–water partition coefficient (Wildman–Crippen LogP) is 5.31. The van der Waals surface area contributed by atoms with Crippen molar-refractivity contribution in [3.63, 3.8) is 0 Å². The summed E-state index contributed by atoms with van der Waals surface area (Å²) in [6, 6.07) is 23.2. The largest absolute Gasteiger partial charge is 0.454 e. The van der Waals surface area contributed by atoms with Crippen LogP contribution in [0.4, 0.5) is 11.4 Å². The lowest BCUT2D eigenvalue weighted by molar-refractivity contribution is -0.384. The first-order valence-corrected chi connectivity index (χ1v) is 14.1. The summed E-state index contributed by atoms with van der Waals surface area (Å²) in [5, 5.41) is 14.7. The zero-order valence-electron chi connectivity index (χ0n) is 23.0. The fraction of sp³-hybridized carbons (Fsp3) is 0.147. The van der Waals surface area contributed by atoms with Gasteiger partial charge in [0, 0.05) is 35.1 Å². The molecule has 0 unspecified atom stereocenters. The van der Waals surface area contributed by atoms with Gasteiger partial charge in [-0.3, -0.25) is 24.5 Å². The highest BCUT2D eigenvalue weighted by Gasteiger charge is 2.70. The van der Waals surface area contributed by atoms with Gasteiger partial charge in [-0.15, -0.1) is 0 Å². The third-order valence-corrected chi connectivity index (χ3v) is 9.12. The number of benzene rings is 4. The Balaban J connectivity index is 1.40. The monoisotopic (exact) mass is 585 g/mol. The van der Waals surface area contributed by atoms with Crippen molar-refractivity contribution in [3.05, 3.63) is 135 Å². The van der Waals surface area contributed by atoms with Crippen LogP contribution in [0.15, 0.2) is 97.2 Å². The number of carbonyl (C=O) groups is 3.